The average molecular weight is 1220 g/mol. The van der Waals surface area contributed by atoms with Gasteiger partial charge in [-0.15, -0.1) is 0 Å². The van der Waals surface area contributed by atoms with Crippen LogP contribution in [0.15, 0.2) is 128 Å². The number of Topliss-reactive ketones (excluding diaryl/α,β-unsaturated/α-hetero) is 1. The van der Waals surface area contributed by atoms with Gasteiger partial charge in [0, 0.05) is 106 Å². The van der Waals surface area contributed by atoms with Gasteiger partial charge >= 0.3 is 0 Å². The molecule has 0 radical (unpaired) electrons. The third kappa shape index (κ3) is 15.7. The first kappa shape index (κ1) is 68.2. The zero-order valence-electron chi connectivity index (χ0n) is 47.5. The minimum Gasteiger partial charge on any atom is -0.748 e. The highest BCUT2D eigenvalue weighted by Crippen LogP contribution is 2.49. The Balaban J connectivity index is 0.00000370. The standard InChI is InChI=1S/C53H60N8O14S4.4CH3/c1-52(2)41-28-38(78(70,71)72)18-20-43(41)60(24-5-7-26-76(64,65)66)46(52)22-14-33-10-9-11-34(15-23-47-53(3,4)42-29-39(79(73,74)75)19-21-44(42)61(47)25-6-8-27-77(67,68)69)40(33)30-45(62)35-12-16-36(17-13-35)55-31-37-32-56-49-48(57-37)50(63)59-51(54)58-49;;;;/h12-23,28-29,32H,5-11,24-27,30-31H2,1-4H3,(H7-,54,55,56,58,59,62,63,64,65,66,67,68,69,70,71,72,73,74,75);4*1H3/q;4*+1/p-3. The summed E-state index contributed by atoms with van der Waals surface area (Å²) in [6, 6.07) is 14.9. The van der Waals surface area contributed by atoms with Crippen LogP contribution in [0.1, 0.15) is 106 Å². The minimum absolute atomic E-state index is 0. The highest BCUT2D eigenvalue weighted by Gasteiger charge is 2.45. The molecule has 4 heterocycles. The van der Waals surface area contributed by atoms with Gasteiger partial charge in [0.2, 0.25) is 11.6 Å². The van der Waals surface area contributed by atoms with Gasteiger partial charge < -0.3 is 34.2 Å². The van der Waals surface area contributed by atoms with Gasteiger partial charge in [-0.05, 0) is 135 Å². The predicted molar refractivity (Wildman–Crippen MR) is 317 cm³/mol. The van der Waals surface area contributed by atoms with Crippen molar-refractivity contribution in [1.29, 1.82) is 0 Å². The van der Waals surface area contributed by atoms with E-state index in [4.69, 9.17) is 5.73 Å². The molecular weight excluding hydrogens is 1150 g/mol. The van der Waals surface area contributed by atoms with Gasteiger partial charge in [-0.25, -0.2) is 43.6 Å². The number of aromatic nitrogens is 4. The third-order valence-electron chi connectivity index (χ3n) is 14.4. The summed E-state index contributed by atoms with van der Waals surface area (Å²) in [6.07, 6.45) is 11.2. The molecule has 26 heteroatoms. The molecule has 8 rings (SSSR count). The van der Waals surface area contributed by atoms with Crippen LogP contribution in [0.25, 0.3) is 11.2 Å². The van der Waals surface area contributed by atoms with E-state index in [2.05, 4.69) is 25.3 Å². The number of rotatable bonds is 21. The molecule has 3 aliphatic rings. The average Bonchev–Trinajstić information content (AvgIpc) is 3.75. The van der Waals surface area contributed by atoms with Crippen molar-refractivity contribution in [3.8, 4) is 0 Å². The van der Waals surface area contributed by atoms with Crippen molar-refractivity contribution in [3.05, 3.63) is 176 Å². The SMILES string of the molecule is CC1(C)C(/C=C/C2=C(CC(=O)c3ccc(NCc4cnc5nc(N)[nH]c(=O)c5n4)cc3)C(=C\C=C3/N(CCCCS(=O)(=O)[O-])c4ccc(S(=O)(=O)[O-])cc4C3(C)C)/CCC2)=[N+](CCCCS(=O)(=O)[O-])c2ccc(S(=O)(=O)[O-])cc21.[CH3+].[CH3+].[CH3+].[CH3+]. The molecule has 0 amide bonds. The van der Waals surface area contributed by atoms with E-state index in [9.17, 15) is 61.5 Å². The minimum atomic E-state index is -4.85. The quantitative estimate of drug-likeness (QED) is 0.0211. The van der Waals surface area contributed by atoms with Crippen LogP contribution < -0.4 is 21.5 Å². The summed E-state index contributed by atoms with van der Waals surface area (Å²) in [5, 5.41) is 3.22. The van der Waals surface area contributed by atoms with Crippen LogP contribution in [0.5, 0.6) is 0 Å². The molecular formula is C57H69N8O14S4+. The van der Waals surface area contributed by atoms with Crippen LogP contribution in [0, 0.1) is 29.7 Å². The van der Waals surface area contributed by atoms with Crippen LogP contribution in [-0.4, -0.2) is 112 Å². The Hall–Kier alpha value is -7.30. The maximum absolute atomic E-state index is 14.6. The van der Waals surface area contributed by atoms with Crippen molar-refractivity contribution < 1.29 is 61.3 Å². The fraction of sp³-hybridized carbons (Fsp3) is 0.333. The fourth-order valence-corrected chi connectivity index (χ4v) is 12.5. The molecule has 0 fully saturated rings. The number of carbonyl (C=O) groups excluding carboxylic acids is 1. The molecule has 22 nitrogen and oxygen atoms in total. The molecule has 0 saturated carbocycles. The molecule has 3 aromatic carbocycles. The molecule has 444 valence electrons. The second-order valence-electron chi connectivity index (χ2n) is 20.6. The number of nitrogens with zero attached hydrogens (tertiary/aromatic N) is 5. The van der Waals surface area contributed by atoms with E-state index in [1.54, 1.807) is 24.3 Å². The van der Waals surface area contributed by atoms with Gasteiger partial charge in [-0.2, -0.15) is 9.56 Å². The summed E-state index contributed by atoms with van der Waals surface area (Å²) in [5.41, 5.74) is 10.6. The Bertz CT molecular complexity index is 3980. The van der Waals surface area contributed by atoms with Crippen LogP contribution in [0.2, 0.25) is 0 Å². The molecule has 4 N–H and O–H groups in total. The molecule has 83 heavy (non-hydrogen) atoms. The van der Waals surface area contributed by atoms with Crippen molar-refractivity contribution in [3.63, 3.8) is 0 Å². The van der Waals surface area contributed by atoms with Crippen molar-refractivity contribution in [1.82, 2.24) is 19.9 Å². The van der Waals surface area contributed by atoms with Gasteiger partial charge in [0.05, 0.1) is 53.9 Å². The second-order valence-corrected chi connectivity index (χ2v) is 26.4. The molecule has 0 bridgehead atoms. The molecule has 0 atom stereocenters. The number of carbonyl (C=O) groups is 1. The molecule has 0 spiro atoms. The summed E-state index contributed by atoms with van der Waals surface area (Å²) in [4.78, 5) is 43.0. The number of allylic oxidation sites excluding steroid dienone is 8. The number of hydrogen-bond acceptors (Lipinski definition) is 20. The summed E-state index contributed by atoms with van der Waals surface area (Å²) in [6.45, 7) is 8.07. The summed E-state index contributed by atoms with van der Waals surface area (Å²) in [7, 11) is -18.7. The molecule has 2 aromatic heterocycles. The Morgan fingerprint density at radius 2 is 1.37 bits per heavy atom. The van der Waals surface area contributed by atoms with E-state index >= 15 is 0 Å². The lowest BCUT2D eigenvalue weighted by molar-refractivity contribution is -0.438. The number of benzene rings is 3. The Morgan fingerprint density at radius 1 is 0.759 bits per heavy atom. The highest BCUT2D eigenvalue weighted by atomic mass is 32.2. The number of fused-ring (bicyclic) bond motifs is 3. The predicted octanol–water partition coefficient (Wildman–Crippen LogP) is 7.46. The van der Waals surface area contributed by atoms with E-state index < -0.39 is 78.2 Å². The molecule has 1 aliphatic carbocycles. The lowest BCUT2D eigenvalue weighted by Crippen LogP contribution is -2.28. The molecule has 0 saturated heterocycles. The van der Waals surface area contributed by atoms with Crippen LogP contribution in [0.3, 0.4) is 0 Å². The number of anilines is 3. The third-order valence-corrected chi connectivity index (χ3v) is 17.7. The molecule has 2 aliphatic heterocycles. The van der Waals surface area contributed by atoms with Crippen LogP contribution in [-0.2, 0) is 57.8 Å². The Morgan fingerprint density at radius 3 is 2.00 bits per heavy atom. The van der Waals surface area contributed by atoms with Crippen molar-refractivity contribution in [2.75, 3.05) is 40.5 Å². The van der Waals surface area contributed by atoms with Crippen molar-refractivity contribution in [2.24, 2.45) is 0 Å². The summed E-state index contributed by atoms with van der Waals surface area (Å²) >= 11 is 0. The number of nitrogens with two attached hydrogens (primary N) is 1. The maximum Gasteiger partial charge on any atom is 0.280 e. The summed E-state index contributed by atoms with van der Waals surface area (Å²) in [5.74, 6) is -1.50. The number of H-pyrrole nitrogens is 1. The first-order valence-electron chi connectivity index (χ1n) is 25.1. The van der Waals surface area contributed by atoms with E-state index in [1.165, 1.54) is 42.6 Å². The second kappa shape index (κ2) is 26.1. The molecule has 0 unspecified atom stereocenters. The van der Waals surface area contributed by atoms with Crippen LogP contribution >= 0.6 is 0 Å². The lowest BCUT2D eigenvalue weighted by Gasteiger charge is -2.28. The zero-order chi connectivity index (χ0) is 57.5. The zero-order valence-corrected chi connectivity index (χ0v) is 50.8. The normalized spacial score (nSPS) is 16.7. The number of ketones is 1. The lowest BCUT2D eigenvalue weighted by atomic mass is 9.80. The van der Waals surface area contributed by atoms with Gasteiger partial charge in [0.15, 0.2) is 22.7 Å². The van der Waals surface area contributed by atoms with E-state index in [0.29, 0.717) is 75.7 Å². The van der Waals surface area contributed by atoms with Gasteiger partial charge in [-0.3, -0.25) is 14.6 Å². The number of aromatic amines is 1. The largest absolute Gasteiger partial charge is 0.748 e. The van der Waals surface area contributed by atoms with E-state index in [-0.39, 0.29) is 104 Å². The first-order chi connectivity index (χ1) is 36.9. The van der Waals surface area contributed by atoms with Gasteiger partial charge in [-0.1, -0.05) is 26.0 Å². The number of nitrogen functional groups attached to an aromatic ring is 1. The summed E-state index contributed by atoms with van der Waals surface area (Å²) < 4.78 is 144. The van der Waals surface area contributed by atoms with E-state index in [0.717, 1.165) is 11.1 Å². The number of unbranched alkanes of at least 4 members (excludes halogenated alkanes) is 2. The van der Waals surface area contributed by atoms with Crippen LogP contribution in [0.4, 0.5) is 23.0 Å². The van der Waals surface area contributed by atoms with Gasteiger partial charge in [0.25, 0.3) is 5.56 Å². The smallest absolute Gasteiger partial charge is 0.280 e. The molecule has 5 aromatic rings. The van der Waals surface area contributed by atoms with Crippen molar-refractivity contribution in [2.45, 2.75) is 106 Å². The topological polar surface area (TPSA) is 362 Å². The first-order valence-corrected chi connectivity index (χ1v) is 31.1. The Labute approximate surface area is 487 Å². The number of hydrogen-bond donors (Lipinski definition) is 3. The van der Waals surface area contributed by atoms with Gasteiger partial charge in [0.1, 0.15) is 26.8 Å². The maximum atomic E-state index is 14.6. The highest BCUT2D eigenvalue weighted by molar-refractivity contribution is 7.86. The van der Waals surface area contributed by atoms with Crippen molar-refractivity contribution >= 4 is 86.1 Å². The fourth-order valence-electron chi connectivity index (χ4n) is 10.4. The Kier molecular flexibility index (Phi) is 21.4. The van der Waals surface area contributed by atoms with E-state index in [1.807, 2.05) is 61.5 Å². The number of nitrogens with one attached hydrogen (secondary N) is 2. The monoisotopic (exact) mass is 1220 g/mol.